The number of hydrogen-bond acceptors (Lipinski definition) is 7. The number of carboxylic acids is 1. The van der Waals surface area contributed by atoms with Crippen molar-refractivity contribution in [1.82, 2.24) is 14.5 Å². The molecule has 1 aromatic heterocycles. The maximum Gasteiger partial charge on any atom is 0.335 e. The largest absolute Gasteiger partial charge is 0.480 e. The van der Waals surface area contributed by atoms with Gasteiger partial charge in [-0.05, 0) is 48.0 Å². The minimum absolute atomic E-state index is 0.218. The molecule has 0 saturated carbocycles. The molecule has 2 amide bonds. The van der Waals surface area contributed by atoms with Crippen LogP contribution in [-0.4, -0.2) is 46.5 Å². The van der Waals surface area contributed by atoms with Crippen LogP contribution >= 0.6 is 0 Å². The molecule has 0 aliphatic rings. The quantitative estimate of drug-likeness (QED) is 0.197. The Morgan fingerprint density at radius 3 is 2.12 bits per heavy atom. The van der Waals surface area contributed by atoms with E-state index in [1.54, 1.807) is 20.8 Å². The van der Waals surface area contributed by atoms with Crippen LogP contribution in [0.4, 0.5) is 20.2 Å². The molecule has 48 heavy (non-hydrogen) atoms. The average Bonchev–Trinajstić information content (AvgIpc) is 3.01. The van der Waals surface area contributed by atoms with Crippen LogP contribution in [0.3, 0.4) is 0 Å². The Hall–Kier alpha value is -5.64. The number of anilines is 2. The Bertz CT molecular complexity index is 2120. The molecule has 4 aromatic rings. The number of carbonyl (C=O) groups excluding carboxylic acids is 2. The van der Waals surface area contributed by atoms with Crippen molar-refractivity contribution in [3.05, 3.63) is 117 Å². The fourth-order valence-corrected chi connectivity index (χ4v) is 5.35. The van der Waals surface area contributed by atoms with Gasteiger partial charge in [-0.2, -0.15) is 0 Å². The van der Waals surface area contributed by atoms with Crippen LogP contribution in [0.25, 0.3) is 5.69 Å². The molecule has 0 spiro atoms. The molecule has 0 fully saturated rings. The van der Waals surface area contributed by atoms with Gasteiger partial charge in [0.2, 0.25) is 5.91 Å². The first-order valence-electron chi connectivity index (χ1n) is 14.2. The van der Waals surface area contributed by atoms with Gasteiger partial charge in [-0.15, -0.1) is 0 Å². The number of aryl methyl sites for hydroxylation is 1. The fourth-order valence-electron chi connectivity index (χ4n) is 4.30. The van der Waals surface area contributed by atoms with Gasteiger partial charge in [0, 0.05) is 42.9 Å². The van der Waals surface area contributed by atoms with Gasteiger partial charge in [0.25, 0.3) is 21.5 Å². The van der Waals surface area contributed by atoms with Gasteiger partial charge in [-0.25, -0.2) is 31.4 Å². The SMILES string of the molecule is Cn1ccc(=O)n(-c2ccc(C[C@H](NC(=O)c3cc(F)c(NS(=O)(=O)c4ccc(NC(=O)C(C)(C)C)cc4)cc3F)C(=O)O)cc2)c1=O. The maximum atomic E-state index is 15.0. The molecular formula is C32H31F2N5O8S. The summed E-state index contributed by atoms with van der Waals surface area (Å²) in [6.07, 6.45) is 1.01. The number of halogens is 2. The number of carboxylic acid groups (broad SMARTS) is 1. The number of amides is 2. The van der Waals surface area contributed by atoms with Crippen molar-refractivity contribution >= 4 is 39.2 Å². The van der Waals surface area contributed by atoms with Crippen LogP contribution in [0.5, 0.6) is 0 Å². The van der Waals surface area contributed by atoms with Crippen LogP contribution in [-0.2, 0) is 33.1 Å². The molecule has 1 atom stereocenters. The minimum Gasteiger partial charge on any atom is -0.480 e. The molecule has 1 heterocycles. The van der Waals surface area contributed by atoms with Crippen LogP contribution in [0.1, 0.15) is 36.7 Å². The van der Waals surface area contributed by atoms with E-state index < -0.39 is 67.5 Å². The third kappa shape index (κ3) is 8.01. The van der Waals surface area contributed by atoms with Crippen molar-refractivity contribution < 1.29 is 36.7 Å². The first-order chi connectivity index (χ1) is 22.4. The number of nitrogens with zero attached hydrogens (tertiary/aromatic N) is 2. The summed E-state index contributed by atoms with van der Waals surface area (Å²) in [4.78, 5) is 61.2. The van der Waals surface area contributed by atoms with Crippen molar-refractivity contribution in [1.29, 1.82) is 0 Å². The second-order valence-electron chi connectivity index (χ2n) is 11.8. The van der Waals surface area contributed by atoms with Gasteiger partial charge in [-0.1, -0.05) is 32.9 Å². The summed E-state index contributed by atoms with van der Waals surface area (Å²) in [5.41, 5.74) is -2.67. The predicted octanol–water partition coefficient (Wildman–Crippen LogP) is 3.03. The summed E-state index contributed by atoms with van der Waals surface area (Å²) in [5.74, 6) is -5.73. The Morgan fingerprint density at radius 2 is 1.54 bits per heavy atom. The third-order valence-corrected chi connectivity index (χ3v) is 8.42. The highest BCUT2D eigenvalue weighted by Crippen LogP contribution is 2.25. The number of benzene rings is 3. The Kier molecular flexibility index (Phi) is 9.99. The van der Waals surface area contributed by atoms with E-state index in [2.05, 4.69) is 10.6 Å². The predicted molar refractivity (Wildman–Crippen MR) is 172 cm³/mol. The van der Waals surface area contributed by atoms with Crippen molar-refractivity contribution in [2.75, 3.05) is 10.0 Å². The molecule has 0 aliphatic carbocycles. The van der Waals surface area contributed by atoms with E-state index in [-0.39, 0.29) is 22.9 Å². The second kappa shape index (κ2) is 13.6. The molecule has 13 nitrogen and oxygen atoms in total. The van der Waals surface area contributed by atoms with E-state index in [1.807, 2.05) is 4.72 Å². The van der Waals surface area contributed by atoms with Gasteiger partial charge in [0.1, 0.15) is 17.7 Å². The lowest BCUT2D eigenvalue weighted by atomic mass is 9.95. The minimum atomic E-state index is -4.44. The van der Waals surface area contributed by atoms with E-state index >= 15 is 4.39 Å². The molecule has 0 bridgehead atoms. The molecule has 4 N–H and O–H groups in total. The van der Waals surface area contributed by atoms with Crippen molar-refractivity contribution in [3.8, 4) is 5.69 Å². The molecule has 0 saturated heterocycles. The number of rotatable bonds is 10. The molecular weight excluding hydrogens is 652 g/mol. The van der Waals surface area contributed by atoms with E-state index in [0.717, 1.165) is 16.7 Å². The molecule has 3 aromatic carbocycles. The van der Waals surface area contributed by atoms with E-state index in [1.165, 1.54) is 60.3 Å². The lowest BCUT2D eigenvalue weighted by Gasteiger charge is -2.18. The highest BCUT2D eigenvalue weighted by molar-refractivity contribution is 7.92. The summed E-state index contributed by atoms with van der Waals surface area (Å²) in [5, 5.41) is 14.4. The summed E-state index contributed by atoms with van der Waals surface area (Å²) >= 11 is 0. The monoisotopic (exact) mass is 683 g/mol. The number of sulfonamides is 1. The van der Waals surface area contributed by atoms with E-state index in [0.29, 0.717) is 23.4 Å². The van der Waals surface area contributed by atoms with Crippen molar-refractivity contribution in [2.24, 2.45) is 12.5 Å². The topological polar surface area (TPSA) is 186 Å². The van der Waals surface area contributed by atoms with Gasteiger partial charge < -0.3 is 20.3 Å². The first kappa shape index (κ1) is 35.2. The number of aromatic nitrogens is 2. The summed E-state index contributed by atoms with van der Waals surface area (Å²) in [7, 11) is -2.97. The molecule has 0 unspecified atom stereocenters. The molecule has 252 valence electrons. The fraction of sp³-hybridized carbons (Fsp3) is 0.219. The maximum absolute atomic E-state index is 15.0. The Balaban J connectivity index is 1.47. The van der Waals surface area contributed by atoms with Crippen molar-refractivity contribution in [3.63, 3.8) is 0 Å². The second-order valence-corrected chi connectivity index (χ2v) is 13.4. The zero-order valence-corrected chi connectivity index (χ0v) is 26.9. The van der Waals surface area contributed by atoms with Crippen LogP contribution in [0, 0.1) is 17.0 Å². The Labute approximate surface area is 272 Å². The van der Waals surface area contributed by atoms with E-state index in [9.17, 15) is 41.9 Å². The van der Waals surface area contributed by atoms with Gasteiger partial charge in [0.15, 0.2) is 0 Å². The highest BCUT2D eigenvalue weighted by atomic mass is 32.2. The van der Waals surface area contributed by atoms with Gasteiger partial charge in [0.05, 0.1) is 21.8 Å². The number of aliphatic carboxylic acids is 1. The van der Waals surface area contributed by atoms with Crippen LogP contribution < -0.4 is 26.6 Å². The summed E-state index contributed by atoms with van der Waals surface area (Å²) in [6, 6.07) is 11.1. The number of carbonyl (C=O) groups is 3. The zero-order valence-electron chi connectivity index (χ0n) is 26.1. The lowest BCUT2D eigenvalue weighted by Crippen LogP contribution is -2.42. The standard InChI is InChI=1S/C32H31F2N5O8S/c1-32(2,3)30(44)35-19-7-11-21(12-8-19)48(46,47)37-25-17-23(33)22(16-24(25)34)28(41)36-26(29(42)43)15-18-5-9-20(10-6-18)39-27(40)13-14-38(4)31(39)45/h5-14,16-17,26,37H,15H2,1-4H3,(H,35,44)(H,36,41)(H,42,43)/t26-/m0/s1. The van der Waals surface area contributed by atoms with E-state index in [4.69, 9.17) is 0 Å². The number of hydrogen-bond donors (Lipinski definition) is 4. The van der Waals surface area contributed by atoms with Crippen LogP contribution in [0.15, 0.2) is 87.4 Å². The molecule has 4 rings (SSSR count). The lowest BCUT2D eigenvalue weighted by molar-refractivity contribution is -0.139. The third-order valence-electron chi connectivity index (χ3n) is 7.04. The zero-order chi connectivity index (χ0) is 35.6. The summed E-state index contributed by atoms with van der Waals surface area (Å²) < 4.78 is 59.7. The van der Waals surface area contributed by atoms with Gasteiger partial charge in [-0.3, -0.25) is 19.1 Å². The highest BCUT2D eigenvalue weighted by Gasteiger charge is 2.26. The van der Waals surface area contributed by atoms with Crippen LogP contribution in [0.2, 0.25) is 0 Å². The average molecular weight is 684 g/mol. The first-order valence-corrected chi connectivity index (χ1v) is 15.7. The molecule has 0 aliphatic heterocycles. The van der Waals surface area contributed by atoms with Crippen molar-refractivity contribution in [2.45, 2.75) is 38.1 Å². The smallest absolute Gasteiger partial charge is 0.335 e. The molecule has 0 radical (unpaired) electrons. The number of nitrogens with one attached hydrogen (secondary N) is 3. The molecule has 16 heteroatoms. The summed E-state index contributed by atoms with van der Waals surface area (Å²) in [6.45, 7) is 5.09. The normalized spacial score (nSPS) is 12.2. The van der Waals surface area contributed by atoms with Gasteiger partial charge >= 0.3 is 11.7 Å². The Morgan fingerprint density at radius 1 is 0.917 bits per heavy atom.